The van der Waals surface area contributed by atoms with Gasteiger partial charge in [-0.25, -0.2) is 4.39 Å². The second-order valence-corrected chi connectivity index (χ2v) is 5.08. The van der Waals surface area contributed by atoms with Gasteiger partial charge in [-0.15, -0.1) is 0 Å². The first-order valence-electron chi connectivity index (χ1n) is 6.24. The Kier molecular flexibility index (Phi) is 3.18. The lowest BCUT2D eigenvalue weighted by Gasteiger charge is -2.23. The Hall–Kier alpha value is -1.20. The highest BCUT2D eigenvalue weighted by molar-refractivity contribution is 7.71. The van der Waals surface area contributed by atoms with E-state index in [2.05, 4.69) is 4.98 Å². The molecule has 5 heteroatoms. The maximum absolute atomic E-state index is 13.1. The van der Waals surface area contributed by atoms with Crippen LogP contribution in [-0.2, 0) is 11.3 Å². The number of hydrogen-bond acceptors (Lipinski definition) is 2. The molecule has 1 N–H and O–H groups in total. The van der Waals surface area contributed by atoms with Gasteiger partial charge in [0, 0.05) is 6.61 Å². The molecule has 2 aromatic rings. The normalized spacial score (nSPS) is 20.4. The lowest BCUT2D eigenvalue weighted by Crippen LogP contribution is -2.24. The zero-order chi connectivity index (χ0) is 12.5. The molecule has 1 aromatic heterocycles. The first kappa shape index (κ1) is 11.9. The molecule has 0 radical (unpaired) electrons. The zero-order valence-corrected chi connectivity index (χ0v) is 10.8. The topological polar surface area (TPSA) is 29.9 Å². The van der Waals surface area contributed by atoms with Crippen LogP contribution in [-0.4, -0.2) is 22.3 Å². The van der Waals surface area contributed by atoms with Crippen LogP contribution in [0.15, 0.2) is 18.2 Å². The van der Waals surface area contributed by atoms with Gasteiger partial charge in [0.1, 0.15) is 5.82 Å². The first-order valence-corrected chi connectivity index (χ1v) is 6.64. The molecule has 1 aliphatic heterocycles. The van der Waals surface area contributed by atoms with Gasteiger partial charge in [0.05, 0.1) is 23.7 Å². The minimum absolute atomic E-state index is 0.217. The van der Waals surface area contributed by atoms with Crippen molar-refractivity contribution in [2.45, 2.75) is 31.9 Å². The zero-order valence-electron chi connectivity index (χ0n) is 9.99. The summed E-state index contributed by atoms with van der Waals surface area (Å²) in [5.41, 5.74) is 1.69. The Morgan fingerprint density at radius 1 is 1.44 bits per heavy atom. The monoisotopic (exact) mass is 266 g/mol. The number of rotatable bonds is 2. The van der Waals surface area contributed by atoms with Crippen LogP contribution in [0.25, 0.3) is 11.0 Å². The van der Waals surface area contributed by atoms with E-state index in [-0.39, 0.29) is 11.9 Å². The standard InChI is InChI=1S/C13H15FN2OS/c14-9-4-5-12-11(7-9)15-13(18)16(12)8-10-3-1-2-6-17-10/h4-5,7,10H,1-3,6,8H2,(H,15,18). The largest absolute Gasteiger partial charge is 0.376 e. The fraction of sp³-hybridized carbons (Fsp3) is 0.462. The molecule has 2 heterocycles. The lowest BCUT2D eigenvalue weighted by molar-refractivity contribution is 0.00641. The summed E-state index contributed by atoms with van der Waals surface area (Å²) in [5.74, 6) is -0.250. The van der Waals surface area contributed by atoms with Crippen LogP contribution in [0.5, 0.6) is 0 Å². The molecule has 1 fully saturated rings. The summed E-state index contributed by atoms with van der Waals surface area (Å²) in [7, 11) is 0. The quantitative estimate of drug-likeness (QED) is 0.844. The highest BCUT2D eigenvalue weighted by Gasteiger charge is 2.16. The number of H-pyrrole nitrogens is 1. The van der Waals surface area contributed by atoms with Crippen molar-refractivity contribution >= 4 is 23.3 Å². The number of aromatic amines is 1. The SMILES string of the molecule is Fc1ccc2c(c1)[nH]c(=S)n2CC1CCCCO1. The second kappa shape index (κ2) is 4.82. The average molecular weight is 266 g/mol. The van der Waals surface area contributed by atoms with E-state index >= 15 is 0 Å². The third-order valence-corrected chi connectivity index (χ3v) is 3.72. The first-order chi connectivity index (χ1) is 8.74. The van der Waals surface area contributed by atoms with E-state index in [9.17, 15) is 4.39 Å². The summed E-state index contributed by atoms with van der Waals surface area (Å²) in [6.45, 7) is 1.57. The van der Waals surface area contributed by atoms with Gasteiger partial charge in [0.25, 0.3) is 0 Å². The Labute approximate surface area is 110 Å². The predicted octanol–water partition coefficient (Wildman–Crippen LogP) is 3.41. The maximum Gasteiger partial charge on any atom is 0.178 e. The third-order valence-electron chi connectivity index (χ3n) is 3.40. The molecule has 1 atom stereocenters. The third kappa shape index (κ3) is 2.20. The molecule has 1 unspecified atom stereocenters. The average Bonchev–Trinajstić information content (AvgIpc) is 2.66. The predicted molar refractivity (Wildman–Crippen MR) is 70.7 cm³/mol. The van der Waals surface area contributed by atoms with Gasteiger partial charge < -0.3 is 14.3 Å². The van der Waals surface area contributed by atoms with E-state index in [1.54, 1.807) is 6.07 Å². The number of imidazole rings is 1. The lowest BCUT2D eigenvalue weighted by atomic mass is 10.1. The van der Waals surface area contributed by atoms with E-state index in [1.165, 1.54) is 18.6 Å². The molecular formula is C13H15FN2OS. The Morgan fingerprint density at radius 3 is 3.11 bits per heavy atom. The Balaban J connectivity index is 1.95. The van der Waals surface area contributed by atoms with E-state index in [0.717, 1.165) is 37.0 Å². The van der Waals surface area contributed by atoms with E-state index < -0.39 is 0 Å². The van der Waals surface area contributed by atoms with E-state index in [4.69, 9.17) is 17.0 Å². The summed E-state index contributed by atoms with van der Waals surface area (Å²) < 4.78 is 21.5. The molecule has 0 amide bonds. The highest BCUT2D eigenvalue weighted by Crippen LogP contribution is 2.19. The van der Waals surface area contributed by atoms with Gasteiger partial charge in [-0.2, -0.15) is 0 Å². The van der Waals surface area contributed by atoms with Crippen molar-refractivity contribution in [3.05, 3.63) is 28.8 Å². The minimum atomic E-state index is -0.250. The molecular weight excluding hydrogens is 251 g/mol. The number of halogens is 1. The van der Waals surface area contributed by atoms with E-state index in [1.807, 2.05) is 4.57 Å². The summed E-state index contributed by atoms with van der Waals surface area (Å²) >= 11 is 5.29. The Morgan fingerprint density at radius 2 is 2.33 bits per heavy atom. The van der Waals surface area contributed by atoms with Gasteiger partial charge >= 0.3 is 0 Å². The molecule has 96 valence electrons. The fourth-order valence-electron chi connectivity index (χ4n) is 2.47. The molecule has 1 saturated heterocycles. The number of nitrogens with one attached hydrogen (secondary N) is 1. The molecule has 1 aromatic carbocycles. The minimum Gasteiger partial charge on any atom is -0.376 e. The number of hydrogen-bond donors (Lipinski definition) is 1. The van der Waals surface area contributed by atoms with Crippen molar-refractivity contribution in [1.82, 2.24) is 9.55 Å². The van der Waals surface area contributed by atoms with Crippen LogP contribution in [0.4, 0.5) is 4.39 Å². The van der Waals surface area contributed by atoms with Crippen LogP contribution < -0.4 is 0 Å². The summed E-state index contributed by atoms with van der Waals surface area (Å²) in [6, 6.07) is 4.70. The highest BCUT2D eigenvalue weighted by atomic mass is 32.1. The summed E-state index contributed by atoms with van der Waals surface area (Å²) in [5, 5.41) is 0. The smallest absolute Gasteiger partial charge is 0.178 e. The Bertz CT molecular complexity index is 613. The van der Waals surface area contributed by atoms with Crippen molar-refractivity contribution < 1.29 is 9.13 Å². The number of fused-ring (bicyclic) bond motifs is 1. The second-order valence-electron chi connectivity index (χ2n) is 4.69. The molecule has 3 nitrogen and oxygen atoms in total. The molecule has 0 aliphatic carbocycles. The summed E-state index contributed by atoms with van der Waals surface area (Å²) in [4.78, 5) is 3.04. The van der Waals surface area contributed by atoms with Crippen molar-refractivity contribution in [1.29, 1.82) is 0 Å². The summed E-state index contributed by atoms with van der Waals surface area (Å²) in [6.07, 6.45) is 3.63. The van der Waals surface area contributed by atoms with Crippen molar-refractivity contribution in [3.63, 3.8) is 0 Å². The van der Waals surface area contributed by atoms with Crippen molar-refractivity contribution in [2.75, 3.05) is 6.61 Å². The molecule has 0 spiro atoms. The fourth-order valence-corrected chi connectivity index (χ4v) is 2.75. The van der Waals surface area contributed by atoms with Crippen LogP contribution in [0, 0.1) is 10.6 Å². The van der Waals surface area contributed by atoms with Gasteiger partial charge in [0.2, 0.25) is 0 Å². The number of nitrogens with zero attached hydrogens (tertiary/aromatic N) is 1. The van der Waals surface area contributed by atoms with Gasteiger partial charge in [-0.3, -0.25) is 0 Å². The number of aromatic nitrogens is 2. The van der Waals surface area contributed by atoms with E-state index in [0.29, 0.717) is 4.77 Å². The van der Waals surface area contributed by atoms with Gasteiger partial charge in [-0.1, -0.05) is 0 Å². The van der Waals surface area contributed by atoms with Crippen LogP contribution in [0.2, 0.25) is 0 Å². The van der Waals surface area contributed by atoms with Gasteiger partial charge in [-0.05, 0) is 49.7 Å². The molecule has 3 rings (SSSR count). The molecule has 1 aliphatic rings. The van der Waals surface area contributed by atoms with Crippen molar-refractivity contribution in [3.8, 4) is 0 Å². The molecule has 0 bridgehead atoms. The van der Waals surface area contributed by atoms with Gasteiger partial charge in [0.15, 0.2) is 4.77 Å². The maximum atomic E-state index is 13.1. The van der Waals surface area contributed by atoms with Crippen LogP contribution in [0.1, 0.15) is 19.3 Å². The molecule has 0 saturated carbocycles. The number of ether oxygens (including phenoxy) is 1. The van der Waals surface area contributed by atoms with Crippen LogP contribution >= 0.6 is 12.2 Å². The molecule has 18 heavy (non-hydrogen) atoms. The van der Waals surface area contributed by atoms with Crippen LogP contribution in [0.3, 0.4) is 0 Å². The number of benzene rings is 1. The van der Waals surface area contributed by atoms with Crippen molar-refractivity contribution in [2.24, 2.45) is 0 Å².